The molecule has 0 fully saturated rings. The van der Waals surface area contributed by atoms with Crippen LogP contribution < -0.4 is 9.47 Å². The standard InChI is InChI=1S/C16H16F3NO2/c1-3-21-14-9-13(16(17,18)19)15(22-4-2)8-12(14)11-6-5-7-20-10-11/h5-10H,3-4H2,1-2H3. The molecule has 1 heterocycles. The van der Waals surface area contributed by atoms with Crippen LogP contribution in [0.5, 0.6) is 11.5 Å². The van der Waals surface area contributed by atoms with E-state index in [0.29, 0.717) is 11.1 Å². The van der Waals surface area contributed by atoms with Crippen LogP contribution in [0.4, 0.5) is 13.2 Å². The molecule has 3 nitrogen and oxygen atoms in total. The molecule has 0 spiro atoms. The molecule has 0 amide bonds. The molecule has 118 valence electrons. The maximum atomic E-state index is 13.2. The Morgan fingerprint density at radius 2 is 1.73 bits per heavy atom. The van der Waals surface area contributed by atoms with Crippen molar-refractivity contribution in [2.75, 3.05) is 13.2 Å². The molecule has 0 bridgehead atoms. The van der Waals surface area contributed by atoms with E-state index in [2.05, 4.69) is 4.98 Å². The number of ether oxygens (including phenoxy) is 2. The van der Waals surface area contributed by atoms with Crippen molar-refractivity contribution >= 4 is 0 Å². The zero-order valence-corrected chi connectivity index (χ0v) is 12.3. The van der Waals surface area contributed by atoms with Crippen LogP contribution in [0.3, 0.4) is 0 Å². The third-order valence-electron chi connectivity index (χ3n) is 2.96. The van der Waals surface area contributed by atoms with Crippen molar-refractivity contribution in [3.63, 3.8) is 0 Å². The van der Waals surface area contributed by atoms with Crippen molar-refractivity contribution in [3.8, 4) is 22.6 Å². The fraction of sp³-hybridized carbons (Fsp3) is 0.312. The van der Waals surface area contributed by atoms with Crippen molar-refractivity contribution in [2.24, 2.45) is 0 Å². The molecule has 1 aromatic heterocycles. The van der Waals surface area contributed by atoms with Crippen LogP contribution in [0, 0.1) is 0 Å². The van der Waals surface area contributed by atoms with Gasteiger partial charge in [-0.2, -0.15) is 13.2 Å². The first kappa shape index (κ1) is 16.1. The van der Waals surface area contributed by atoms with Gasteiger partial charge in [0.15, 0.2) is 0 Å². The Kier molecular flexibility index (Phi) is 4.90. The minimum Gasteiger partial charge on any atom is -0.493 e. The Morgan fingerprint density at radius 3 is 2.27 bits per heavy atom. The molecule has 2 aromatic rings. The van der Waals surface area contributed by atoms with Crippen molar-refractivity contribution in [1.82, 2.24) is 4.98 Å². The van der Waals surface area contributed by atoms with Crippen LogP contribution in [-0.4, -0.2) is 18.2 Å². The summed E-state index contributed by atoms with van der Waals surface area (Å²) in [6.45, 7) is 3.76. The molecule has 0 N–H and O–H groups in total. The maximum absolute atomic E-state index is 13.2. The van der Waals surface area contributed by atoms with E-state index >= 15 is 0 Å². The normalized spacial score (nSPS) is 11.3. The van der Waals surface area contributed by atoms with Gasteiger partial charge in [-0.25, -0.2) is 0 Å². The second kappa shape index (κ2) is 6.68. The number of alkyl halides is 3. The largest absolute Gasteiger partial charge is 0.493 e. The summed E-state index contributed by atoms with van der Waals surface area (Å²) < 4.78 is 50.1. The third kappa shape index (κ3) is 3.50. The Morgan fingerprint density at radius 1 is 1.05 bits per heavy atom. The van der Waals surface area contributed by atoms with E-state index in [1.807, 2.05) is 0 Å². The Labute approximate surface area is 126 Å². The molecule has 0 radical (unpaired) electrons. The zero-order chi connectivity index (χ0) is 16.2. The number of halogens is 3. The van der Waals surface area contributed by atoms with Crippen molar-refractivity contribution in [3.05, 3.63) is 42.2 Å². The predicted molar refractivity (Wildman–Crippen MR) is 77.0 cm³/mol. The fourth-order valence-corrected chi connectivity index (χ4v) is 2.08. The smallest absolute Gasteiger partial charge is 0.420 e. The zero-order valence-electron chi connectivity index (χ0n) is 12.3. The van der Waals surface area contributed by atoms with Crippen LogP contribution in [0.25, 0.3) is 11.1 Å². The van der Waals surface area contributed by atoms with Gasteiger partial charge in [0.25, 0.3) is 0 Å². The number of nitrogens with zero attached hydrogens (tertiary/aromatic N) is 1. The highest BCUT2D eigenvalue weighted by atomic mass is 19.4. The third-order valence-corrected chi connectivity index (χ3v) is 2.96. The first-order chi connectivity index (χ1) is 10.5. The summed E-state index contributed by atoms with van der Waals surface area (Å²) in [4.78, 5) is 3.99. The van der Waals surface area contributed by atoms with E-state index < -0.39 is 11.7 Å². The molecule has 0 unspecified atom stereocenters. The van der Waals surface area contributed by atoms with Gasteiger partial charge < -0.3 is 9.47 Å². The van der Waals surface area contributed by atoms with Crippen LogP contribution in [0.2, 0.25) is 0 Å². The average molecular weight is 311 g/mol. The van der Waals surface area contributed by atoms with Gasteiger partial charge >= 0.3 is 6.18 Å². The number of benzene rings is 1. The lowest BCUT2D eigenvalue weighted by Gasteiger charge is -2.18. The van der Waals surface area contributed by atoms with Gasteiger partial charge in [0.05, 0.1) is 13.2 Å². The summed E-state index contributed by atoms with van der Waals surface area (Å²) in [6, 6.07) is 5.81. The van der Waals surface area contributed by atoms with Gasteiger partial charge in [-0.05, 0) is 32.0 Å². The van der Waals surface area contributed by atoms with Gasteiger partial charge in [0.2, 0.25) is 0 Å². The summed E-state index contributed by atoms with van der Waals surface area (Å²) in [5, 5.41) is 0. The lowest BCUT2D eigenvalue weighted by molar-refractivity contribution is -0.139. The van der Waals surface area contributed by atoms with Gasteiger partial charge in [0.1, 0.15) is 17.1 Å². The van der Waals surface area contributed by atoms with Crippen LogP contribution in [-0.2, 0) is 6.18 Å². The van der Waals surface area contributed by atoms with E-state index in [1.54, 1.807) is 38.4 Å². The highest BCUT2D eigenvalue weighted by Crippen LogP contribution is 2.43. The minimum atomic E-state index is -4.51. The lowest BCUT2D eigenvalue weighted by atomic mass is 10.0. The predicted octanol–water partition coefficient (Wildman–Crippen LogP) is 4.56. The minimum absolute atomic E-state index is 0.142. The molecule has 0 saturated heterocycles. The summed E-state index contributed by atoms with van der Waals surface area (Å²) >= 11 is 0. The lowest BCUT2D eigenvalue weighted by Crippen LogP contribution is -2.10. The molecule has 0 aliphatic carbocycles. The van der Waals surface area contributed by atoms with Gasteiger partial charge in [-0.15, -0.1) is 0 Å². The second-order valence-electron chi connectivity index (χ2n) is 4.45. The maximum Gasteiger partial charge on any atom is 0.420 e. The number of pyridine rings is 1. The van der Waals surface area contributed by atoms with Crippen molar-refractivity contribution < 1.29 is 22.6 Å². The Balaban J connectivity index is 2.64. The number of hydrogen-bond donors (Lipinski definition) is 0. The molecule has 1 aromatic carbocycles. The van der Waals surface area contributed by atoms with E-state index in [9.17, 15) is 13.2 Å². The number of hydrogen-bond acceptors (Lipinski definition) is 3. The molecule has 2 rings (SSSR count). The molecule has 0 aliphatic heterocycles. The fourth-order valence-electron chi connectivity index (χ4n) is 2.08. The molecular weight excluding hydrogens is 295 g/mol. The summed E-state index contributed by atoms with van der Waals surface area (Å²) in [6.07, 6.45) is -1.35. The highest BCUT2D eigenvalue weighted by molar-refractivity contribution is 5.72. The molecule has 0 aliphatic rings. The van der Waals surface area contributed by atoms with E-state index in [1.165, 1.54) is 6.07 Å². The first-order valence-electron chi connectivity index (χ1n) is 6.88. The molecule has 0 atom stereocenters. The second-order valence-corrected chi connectivity index (χ2v) is 4.45. The molecule has 22 heavy (non-hydrogen) atoms. The van der Waals surface area contributed by atoms with Gasteiger partial charge in [-0.1, -0.05) is 6.07 Å². The van der Waals surface area contributed by atoms with Gasteiger partial charge in [0, 0.05) is 23.5 Å². The van der Waals surface area contributed by atoms with E-state index in [0.717, 1.165) is 6.07 Å². The molecule has 6 heteroatoms. The van der Waals surface area contributed by atoms with E-state index in [4.69, 9.17) is 9.47 Å². The average Bonchev–Trinajstić information content (AvgIpc) is 2.48. The topological polar surface area (TPSA) is 31.4 Å². The number of aromatic nitrogens is 1. The first-order valence-corrected chi connectivity index (χ1v) is 6.88. The molecule has 0 saturated carbocycles. The van der Waals surface area contributed by atoms with Crippen LogP contribution in [0.15, 0.2) is 36.7 Å². The Bertz CT molecular complexity index is 627. The van der Waals surface area contributed by atoms with Gasteiger partial charge in [-0.3, -0.25) is 4.98 Å². The monoisotopic (exact) mass is 311 g/mol. The van der Waals surface area contributed by atoms with Crippen molar-refractivity contribution in [1.29, 1.82) is 0 Å². The summed E-state index contributed by atoms with van der Waals surface area (Å²) in [5.74, 6) is -0.0522. The van der Waals surface area contributed by atoms with E-state index in [-0.39, 0.29) is 24.7 Å². The van der Waals surface area contributed by atoms with Crippen molar-refractivity contribution in [2.45, 2.75) is 20.0 Å². The quantitative estimate of drug-likeness (QED) is 0.811. The summed E-state index contributed by atoms with van der Waals surface area (Å²) in [7, 11) is 0. The highest BCUT2D eigenvalue weighted by Gasteiger charge is 2.36. The summed E-state index contributed by atoms with van der Waals surface area (Å²) in [5.41, 5.74) is 0.345. The molecular formula is C16H16F3NO2. The SMILES string of the molecule is CCOc1cc(C(F)(F)F)c(OCC)cc1-c1cccnc1. The van der Waals surface area contributed by atoms with Crippen LogP contribution >= 0.6 is 0 Å². The Hall–Kier alpha value is -2.24. The number of rotatable bonds is 5. The van der Waals surface area contributed by atoms with Crippen LogP contribution in [0.1, 0.15) is 19.4 Å².